The largest absolute Gasteiger partial charge is 0.376 e. The van der Waals surface area contributed by atoms with E-state index in [9.17, 15) is 4.79 Å². The molecule has 1 aliphatic heterocycles. The van der Waals surface area contributed by atoms with Gasteiger partial charge in [0.2, 0.25) is 0 Å². The van der Waals surface area contributed by atoms with E-state index in [1.165, 1.54) is 0 Å². The molecule has 1 saturated heterocycles. The van der Waals surface area contributed by atoms with E-state index in [-0.39, 0.29) is 12.1 Å². The van der Waals surface area contributed by atoms with E-state index in [1.807, 2.05) is 24.7 Å². The van der Waals surface area contributed by atoms with Gasteiger partial charge in [-0.05, 0) is 26.7 Å². The SMILES string of the molecule is CCN(CC)C(=O)Nc1cnn(C[C@@H]2CCCO2)c1. The number of hydrogen-bond acceptors (Lipinski definition) is 3. The molecule has 1 atom stereocenters. The highest BCUT2D eigenvalue weighted by atomic mass is 16.5. The predicted octanol–water partition coefficient (Wildman–Crippen LogP) is 1.94. The van der Waals surface area contributed by atoms with Crippen molar-refractivity contribution in [1.82, 2.24) is 14.7 Å². The van der Waals surface area contributed by atoms with Crippen molar-refractivity contribution in [3.05, 3.63) is 12.4 Å². The lowest BCUT2D eigenvalue weighted by molar-refractivity contribution is 0.0940. The van der Waals surface area contributed by atoms with Gasteiger partial charge < -0.3 is 15.0 Å². The second kappa shape index (κ2) is 6.56. The Balaban J connectivity index is 1.87. The molecular weight excluding hydrogens is 244 g/mol. The summed E-state index contributed by atoms with van der Waals surface area (Å²) in [6, 6.07) is -0.0818. The molecule has 106 valence electrons. The van der Waals surface area contributed by atoms with E-state index in [2.05, 4.69) is 10.4 Å². The normalized spacial score (nSPS) is 18.5. The van der Waals surface area contributed by atoms with Crippen molar-refractivity contribution >= 4 is 11.7 Å². The lowest BCUT2D eigenvalue weighted by atomic mass is 10.2. The molecule has 19 heavy (non-hydrogen) atoms. The van der Waals surface area contributed by atoms with Gasteiger partial charge in [-0.3, -0.25) is 4.68 Å². The molecular formula is C13H22N4O2. The summed E-state index contributed by atoms with van der Waals surface area (Å²) >= 11 is 0. The zero-order valence-electron chi connectivity index (χ0n) is 11.6. The van der Waals surface area contributed by atoms with Crippen molar-refractivity contribution in [2.75, 3.05) is 25.0 Å². The highest BCUT2D eigenvalue weighted by Gasteiger charge is 2.17. The summed E-state index contributed by atoms with van der Waals surface area (Å²) in [5, 5.41) is 7.10. The lowest BCUT2D eigenvalue weighted by Crippen LogP contribution is -2.34. The van der Waals surface area contributed by atoms with Gasteiger partial charge in [-0.25, -0.2) is 4.79 Å². The first-order valence-corrected chi connectivity index (χ1v) is 6.93. The Hall–Kier alpha value is -1.56. The molecule has 0 saturated carbocycles. The van der Waals surface area contributed by atoms with Gasteiger partial charge in [0.25, 0.3) is 0 Å². The number of ether oxygens (including phenoxy) is 1. The number of hydrogen-bond donors (Lipinski definition) is 1. The standard InChI is InChI=1S/C13H22N4O2/c1-3-16(4-2)13(18)15-11-8-14-17(9-11)10-12-6-5-7-19-12/h8-9,12H,3-7,10H2,1-2H3,(H,15,18)/t12-/m0/s1. The maximum atomic E-state index is 11.9. The Kier molecular flexibility index (Phi) is 4.79. The van der Waals surface area contributed by atoms with Crippen LogP contribution in [0.1, 0.15) is 26.7 Å². The Morgan fingerprint density at radius 3 is 3.00 bits per heavy atom. The van der Waals surface area contributed by atoms with E-state index >= 15 is 0 Å². The third-order valence-corrected chi connectivity index (χ3v) is 3.35. The van der Waals surface area contributed by atoms with Gasteiger partial charge in [0.05, 0.1) is 24.5 Å². The fourth-order valence-corrected chi connectivity index (χ4v) is 2.24. The summed E-state index contributed by atoms with van der Waals surface area (Å²) in [4.78, 5) is 13.6. The summed E-state index contributed by atoms with van der Waals surface area (Å²) in [5.74, 6) is 0. The number of nitrogens with zero attached hydrogens (tertiary/aromatic N) is 3. The van der Waals surface area contributed by atoms with Crippen LogP contribution in [0.3, 0.4) is 0 Å². The summed E-state index contributed by atoms with van der Waals surface area (Å²) in [7, 11) is 0. The number of nitrogens with one attached hydrogen (secondary N) is 1. The second-order valence-corrected chi connectivity index (χ2v) is 4.69. The van der Waals surface area contributed by atoms with Crippen LogP contribution >= 0.6 is 0 Å². The van der Waals surface area contributed by atoms with Crippen LogP contribution in [-0.2, 0) is 11.3 Å². The zero-order valence-corrected chi connectivity index (χ0v) is 11.6. The summed E-state index contributed by atoms with van der Waals surface area (Å²) in [5.41, 5.74) is 0.731. The van der Waals surface area contributed by atoms with Crippen LogP contribution in [0.15, 0.2) is 12.4 Å². The van der Waals surface area contributed by atoms with Crippen LogP contribution in [0.5, 0.6) is 0 Å². The van der Waals surface area contributed by atoms with E-state index in [0.717, 1.165) is 31.7 Å². The molecule has 6 heteroatoms. The average Bonchev–Trinajstić information content (AvgIpc) is 3.03. The molecule has 2 rings (SSSR count). The Morgan fingerprint density at radius 1 is 1.58 bits per heavy atom. The minimum Gasteiger partial charge on any atom is -0.376 e. The Bertz CT molecular complexity index is 409. The van der Waals surface area contributed by atoms with Crippen molar-refractivity contribution in [3.8, 4) is 0 Å². The van der Waals surface area contributed by atoms with E-state index < -0.39 is 0 Å². The molecule has 0 aromatic carbocycles. The molecule has 1 aromatic rings. The second-order valence-electron chi connectivity index (χ2n) is 4.69. The molecule has 1 aliphatic rings. The molecule has 6 nitrogen and oxygen atoms in total. The molecule has 2 heterocycles. The fourth-order valence-electron chi connectivity index (χ4n) is 2.24. The third-order valence-electron chi connectivity index (χ3n) is 3.35. The average molecular weight is 266 g/mol. The molecule has 0 unspecified atom stereocenters. The number of urea groups is 1. The lowest BCUT2D eigenvalue weighted by Gasteiger charge is -2.18. The van der Waals surface area contributed by atoms with Gasteiger partial charge >= 0.3 is 6.03 Å². The molecule has 0 aliphatic carbocycles. The molecule has 2 amide bonds. The fraction of sp³-hybridized carbons (Fsp3) is 0.692. The monoisotopic (exact) mass is 266 g/mol. The van der Waals surface area contributed by atoms with Crippen molar-refractivity contribution in [3.63, 3.8) is 0 Å². The minimum atomic E-state index is -0.0818. The number of amides is 2. The number of carbonyl (C=O) groups excluding carboxylic acids is 1. The topological polar surface area (TPSA) is 59.4 Å². The molecule has 0 radical (unpaired) electrons. The molecule has 1 N–H and O–H groups in total. The first kappa shape index (κ1) is 13.9. The highest BCUT2D eigenvalue weighted by molar-refractivity contribution is 5.88. The minimum absolute atomic E-state index is 0.0818. The Morgan fingerprint density at radius 2 is 2.37 bits per heavy atom. The third kappa shape index (κ3) is 3.70. The highest BCUT2D eigenvalue weighted by Crippen LogP contribution is 2.15. The molecule has 1 fully saturated rings. The van der Waals surface area contributed by atoms with Crippen LogP contribution in [0, 0.1) is 0 Å². The molecule has 0 spiro atoms. The van der Waals surface area contributed by atoms with Crippen LogP contribution < -0.4 is 5.32 Å². The number of rotatable bonds is 5. The van der Waals surface area contributed by atoms with Crippen molar-refractivity contribution in [1.29, 1.82) is 0 Å². The zero-order chi connectivity index (χ0) is 13.7. The Labute approximate surface area is 113 Å². The molecule has 0 bridgehead atoms. The van der Waals surface area contributed by atoms with E-state index in [1.54, 1.807) is 11.1 Å². The summed E-state index contributed by atoms with van der Waals surface area (Å²) in [6.45, 7) is 6.92. The smallest absolute Gasteiger partial charge is 0.321 e. The summed E-state index contributed by atoms with van der Waals surface area (Å²) < 4.78 is 7.39. The van der Waals surface area contributed by atoms with Gasteiger partial charge in [0, 0.05) is 25.9 Å². The van der Waals surface area contributed by atoms with E-state index in [4.69, 9.17) is 4.74 Å². The van der Waals surface area contributed by atoms with Gasteiger partial charge in [-0.2, -0.15) is 5.10 Å². The van der Waals surface area contributed by atoms with E-state index in [0.29, 0.717) is 13.1 Å². The number of carbonyl (C=O) groups is 1. The van der Waals surface area contributed by atoms with Crippen LogP contribution in [0.25, 0.3) is 0 Å². The first-order valence-electron chi connectivity index (χ1n) is 6.93. The quantitative estimate of drug-likeness (QED) is 0.886. The summed E-state index contributed by atoms with van der Waals surface area (Å²) in [6.07, 6.45) is 5.99. The van der Waals surface area contributed by atoms with Gasteiger partial charge in [-0.15, -0.1) is 0 Å². The maximum Gasteiger partial charge on any atom is 0.321 e. The van der Waals surface area contributed by atoms with Gasteiger partial charge in [0.1, 0.15) is 0 Å². The van der Waals surface area contributed by atoms with Crippen molar-refractivity contribution < 1.29 is 9.53 Å². The van der Waals surface area contributed by atoms with Crippen molar-refractivity contribution in [2.45, 2.75) is 39.3 Å². The first-order chi connectivity index (χ1) is 9.22. The van der Waals surface area contributed by atoms with Gasteiger partial charge in [0.15, 0.2) is 0 Å². The van der Waals surface area contributed by atoms with Crippen molar-refractivity contribution in [2.24, 2.45) is 0 Å². The number of aromatic nitrogens is 2. The predicted molar refractivity (Wildman–Crippen MR) is 73.1 cm³/mol. The van der Waals surface area contributed by atoms with Gasteiger partial charge in [-0.1, -0.05) is 0 Å². The van der Waals surface area contributed by atoms with Crippen LogP contribution in [-0.4, -0.2) is 46.5 Å². The van der Waals surface area contributed by atoms with Crippen LogP contribution in [0.2, 0.25) is 0 Å². The molecule has 1 aromatic heterocycles. The van der Waals surface area contributed by atoms with Crippen LogP contribution in [0.4, 0.5) is 10.5 Å². The maximum absolute atomic E-state index is 11.9. The number of anilines is 1.